The molecule has 0 N–H and O–H groups in total. The Balaban J connectivity index is 2.39. The number of ether oxygens (including phenoxy) is 2. The maximum absolute atomic E-state index is 11.9. The molecule has 0 aliphatic heterocycles. The molecule has 0 saturated carbocycles. The second-order valence-electron chi connectivity index (χ2n) is 4.47. The highest BCUT2D eigenvalue weighted by Gasteiger charge is 2.15. The van der Waals surface area contributed by atoms with Crippen molar-refractivity contribution in [1.29, 1.82) is 0 Å². The maximum Gasteiger partial charge on any atom is 0.341 e. The average Bonchev–Trinajstić information content (AvgIpc) is 2.96. The van der Waals surface area contributed by atoms with Gasteiger partial charge in [-0.2, -0.15) is 0 Å². The van der Waals surface area contributed by atoms with E-state index in [1.54, 1.807) is 13.2 Å². The summed E-state index contributed by atoms with van der Waals surface area (Å²) in [4.78, 5) is 16.1. The molecule has 114 valence electrons. The minimum absolute atomic E-state index is 0.349. The van der Waals surface area contributed by atoms with Gasteiger partial charge in [-0.25, -0.2) is 9.78 Å². The zero-order valence-corrected chi connectivity index (χ0v) is 12.7. The molecule has 1 aromatic heterocycles. The van der Waals surface area contributed by atoms with E-state index in [2.05, 4.69) is 4.98 Å². The summed E-state index contributed by atoms with van der Waals surface area (Å²) in [5, 5.41) is 0. The van der Waals surface area contributed by atoms with Crippen LogP contribution in [0.5, 0.6) is 0 Å². The van der Waals surface area contributed by atoms with Gasteiger partial charge in [-0.3, -0.25) is 0 Å². The minimum atomic E-state index is -0.458. The zero-order chi connectivity index (χ0) is 15.9. The quantitative estimate of drug-likeness (QED) is 0.481. The number of aryl methyl sites for hydroxylation is 1. The highest BCUT2D eigenvalue weighted by molar-refractivity contribution is 6.17. The fourth-order valence-corrected chi connectivity index (χ4v) is 1.97. The number of rotatable bonds is 5. The molecule has 0 aliphatic rings. The number of hydrogen-bond donors (Lipinski definition) is 0. The summed E-state index contributed by atoms with van der Waals surface area (Å²) in [6.07, 6.45) is 6.62. The van der Waals surface area contributed by atoms with Gasteiger partial charge >= 0.3 is 5.97 Å². The molecule has 0 unspecified atom stereocenters. The number of carbonyl (C=O) groups is 1. The van der Waals surface area contributed by atoms with Gasteiger partial charge in [0.2, 0.25) is 0 Å². The molecule has 22 heavy (non-hydrogen) atoms. The molecule has 5 nitrogen and oxygen atoms in total. The monoisotopic (exact) mass is 299 g/mol. The van der Waals surface area contributed by atoms with Crippen molar-refractivity contribution in [2.75, 3.05) is 14.2 Å². The van der Waals surface area contributed by atoms with Crippen LogP contribution in [0.15, 0.2) is 41.2 Å². The number of nitrogens with zero attached hydrogens (tertiary/aromatic N) is 1. The first-order valence-electron chi connectivity index (χ1n) is 6.66. The Morgan fingerprint density at radius 1 is 1.23 bits per heavy atom. The Hall–Kier alpha value is -2.82. The Morgan fingerprint density at radius 2 is 2.00 bits per heavy atom. The Morgan fingerprint density at radius 3 is 2.64 bits per heavy atom. The first-order chi connectivity index (χ1) is 10.7. The average molecular weight is 299 g/mol. The summed E-state index contributed by atoms with van der Waals surface area (Å²) in [5.74, 6) is 0.141. The molecule has 5 heteroatoms. The Kier molecular flexibility index (Phi) is 5.14. The smallest absolute Gasteiger partial charge is 0.341 e. The highest BCUT2D eigenvalue weighted by atomic mass is 16.5. The van der Waals surface area contributed by atoms with Crippen LogP contribution in [0.3, 0.4) is 0 Å². The first-order valence-corrected chi connectivity index (χ1v) is 6.66. The third kappa shape index (κ3) is 3.63. The molecule has 0 bridgehead atoms. The fourth-order valence-electron chi connectivity index (χ4n) is 1.97. The number of hydrogen-bond acceptors (Lipinski definition) is 5. The lowest BCUT2D eigenvalue weighted by molar-refractivity contribution is -0.133. The van der Waals surface area contributed by atoms with Crippen molar-refractivity contribution in [3.8, 4) is 0 Å². The van der Waals surface area contributed by atoms with E-state index >= 15 is 0 Å². The van der Waals surface area contributed by atoms with Crippen LogP contribution in [0.1, 0.15) is 22.7 Å². The molecule has 0 saturated heterocycles. The zero-order valence-electron chi connectivity index (χ0n) is 12.7. The van der Waals surface area contributed by atoms with E-state index in [0.717, 1.165) is 5.56 Å². The normalized spacial score (nSPS) is 11.7. The van der Waals surface area contributed by atoms with E-state index in [4.69, 9.17) is 13.9 Å². The summed E-state index contributed by atoms with van der Waals surface area (Å²) < 4.78 is 14.9. The molecule has 0 fully saturated rings. The van der Waals surface area contributed by atoms with Crippen molar-refractivity contribution in [3.63, 3.8) is 0 Å². The Labute approximate surface area is 128 Å². The van der Waals surface area contributed by atoms with Gasteiger partial charge in [-0.15, -0.1) is 0 Å². The van der Waals surface area contributed by atoms with E-state index in [1.807, 2.05) is 36.4 Å². The van der Waals surface area contributed by atoms with Gasteiger partial charge in [0.15, 0.2) is 5.89 Å². The molecule has 0 amide bonds. The predicted molar refractivity (Wildman–Crippen MR) is 83.6 cm³/mol. The van der Waals surface area contributed by atoms with Crippen LogP contribution in [-0.4, -0.2) is 25.2 Å². The van der Waals surface area contributed by atoms with Crippen LogP contribution in [0.4, 0.5) is 0 Å². The van der Waals surface area contributed by atoms with E-state index < -0.39 is 5.97 Å². The summed E-state index contributed by atoms with van der Waals surface area (Å²) in [6, 6.07) is 7.46. The molecule has 0 spiro atoms. The largest absolute Gasteiger partial charge is 0.503 e. The molecule has 0 aliphatic carbocycles. The Bertz CT molecular complexity index is 713. The topological polar surface area (TPSA) is 61.6 Å². The van der Waals surface area contributed by atoms with Gasteiger partial charge in [0.25, 0.3) is 0 Å². The molecule has 1 aromatic carbocycles. The van der Waals surface area contributed by atoms with Gasteiger partial charge in [0.1, 0.15) is 17.5 Å². The van der Waals surface area contributed by atoms with Crippen LogP contribution in [0.25, 0.3) is 17.7 Å². The van der Waals surface area contributed by atoms with Gasteiger partial charge in [-0.1, -0.05) is 30.3 Å². The summed E-state index contributed by atoms with van der Waals surface area (Å²) >= 11 is 0. The van der Waals surface area contributed by atoms with Gasteiger partial charge in [0, 0.05) is 6.92 Å². The SMILES string of the molecule is CO/C=C(/C(=O)OC)c1ccccc1/C=C/c1coc(C)n1. The lowest BCUT2D eigenvalue weighted by Gasteiger charge is -2.08. The minimum Gasteiger partial charge on any atom is -0.503 e. The molecule has 0 radical (unpaired) electrons. The number of esters is 1. The molecule has 1 heterocycles. The second-order valence-corrected chi connectivity index (χ2v) is 4.47. The molecule has 2 rings (SSSR count). The van der Waals surface area contributed by atoms with Crippen molar-refractivity contribution < 1.29 is 18.7 Å². The lowest BCUT2D eigenvalue weighted by atomic mass is 10.00. The number of methoxy groups -OCH3 is 2. The predicted octanol–water partition coefficient (Wildman–Crippen LogP) is 3.31. The lowest BCUT2D eigenvalue weighted by Crippen LogP contribution is -2.05. The molecule has 0 atom stereocenters. The van der Waals surface area contributed by atoms with Crippen LogP contribution in [-0.2, 0) is 14.3 Å². The van der Waals surface area contributed by atoms with Crippen molar-refractivity contribution in [1.82, 2.24) is 4.98 Å². The van der Waals surface area contributed by atoms with Crippen LogP contribution >= 0.6 is 0 Å². The van der Waals surface area contributed by atoms with Gasteiger partial charge in [-0.05, 0) is 17.2 Å². The van der Waals surface area contributed by atoms with Crippen molar-refractivity contribution >= 4 is 23.7 Å². The van der Waals surface area contributed by atoms with E-state index in [-0.39, 0.29) is 0 Å². The third-order valence-electron chi connectivity index (χ3n) is 2.96. The second kappa shape index (κ2) is 7.26. The number of carbonyl (C=O) groups excluding carboxylic acids is 1. The first kappa shape index (κ1) is 15.6. The fraction of sp³-hybridized carbons (Fsp3) is 0.176. The summed E-state index contributed by atoms with van der Waals surface area (Å²) in [5.41, 5.74) is 2.62. The van der Waals surface area contributed by atoms with Crippen molar-refractivity contribution in [2.45, 2.75) is 6.92 Å². The molecular formula is C17H17NO4. The van der Waals surface area contributed by atoms with Gasteiger partial charge in [0.05, 0.1) is 20.5 Å². The van der Waals surface area contributed by atoms with Crippen molar-refractivity contribution in [3.05, 3.63) is 59.5 Å². The molecule has 2 aromatic rings. The van der Waals surface area contributed by atoms with E-state index in [9.17, 15) is 4.79 Å². The van der Waals surface area contributed by atoms with E-state index in [1.165, 1.54) is 20.5 Å². The molecular weight excluding hydrogens is 282 g/mol. The maximum atomic E-state index is 11.9. The third-order valence-corrected chi connectivity index (χ3v) is 2.96. The van der Waals surface area contributed by atoms with Crippen LogP contribution < -0.4 is 0 Å². The number of aromatic nitrogens is 1. The van der Waals surface area contributed by atoms with Crippen LogP contribution in [0.2, 0.25) is 0 Å². The van der Waals surface area contributed by atoms with Gasteiger partial charge < -0.3 is 13.9 Å². The van der Waals surface area contributed by atoms with E-state index in [0.29, 0.717) is 22.7 Å². The summed E-state index contributed by atoms with van der Waals surface area (Å²) in [7, 11) is 2.82. The van der Waals surface area contributed by atoms with Crippen molar-refractivity contribution in [2.24, 2.45) is 0 Å². The standard InChI is InChI=1S/C17H17NO4/c1-12-18-14(10-22-12)9-8-13-6-4-5-7-15(13)16(11-20-2)17(19)21-3/h4-11H,1-3H3/b9-8+,16-11+. The summed E-state index contributed by atoms with van der Waals surface area (Å²) in [6.45, 7) is 1.78. The number of oxazole rings is 1. The number of benzene rings is 1. The highest BCUT2D eigenvalue weighted by Crippen LogP contribution is 2.22. The van der Waals surface area contributed by atoms with Crippen LogP contribution in [0, 0.1) is 6.92 Å².